The maximum absolute atomic E-state index is 11.4. The van der Waals surface area contributed by atoms with Gasteiger partial charge >= 0.3 is 6.09 Å². The van der Waals surface area contributed by atoms with Crippen molar-refractivity contribution in [2.45, 2.75) is 32.9 Å². The highest BCUT2D eigenvalue weighted by molar-refractivity contribution is 5.67. The van der Waals surface area contributed by atoms with Crippen molar-refractivity contribution < 1.29 is 14.3 Å². The van der Waals surface area contributed by atoms with Gasteiger partial charge < -0.3 is 20.1 Å². The van der Waals surface area contributed by atoms with E-state index in [0.717, 1.165) is 5.56 Å². The van der Waals surface area contributed by atoms with Crippen LogP contribution in [0.5, 0.6) is 5.88 Å². The number of carbonyl (C=O) groups excluding carboxylic acids is 1. The fourth-order valence-electron chi connectivity index (χ4n) is 1.47. The van der Waals surface area contributed by atoms with Crippen molar-refractivity contribution in [2.75, 3.05) is 20.2 Å². The number of aromatic nitrogens is 1. The number of methoxy groups -OCH3 is 1. The number of nitrogens with one attached hydrogen (secondary N) is 2. The summed E-state index contributed by atoms with van der Waals surface area (Å²) in [6.45, 7) is 7.36. The molecule has 2 N–H and O–H groups in total. The summed E-state index contributed by atoms with van der Waals surface area (Å²) in [4.78, 5) is 15.4. The van der Waals surface area contributed by atoms with E-state index < -0.39 is 11.7 Å². The van der Waals surface area contributed by atoms with Gasteiger partial charge in [-0.05, 0) is 32.4 Å². The summed E-state index contributed by atoms with van der Waals surface area (Å²) in [5, 5.41) is 5.90. The highest BCUT2D eigenvalue weighted by Gasteiger charge is 2.15. The van der Waals surface area contributed by atoms with Gasteiger partial charge in [0.2, 0.25) is 5.88 Å². The number of amides is 1. The summed E-state index contributed by atoms with van der Waals surface area (Å²) < 4.78 is 10.2. The molecular formula is C14H23N3O3. The first-order chi connectivity index (χ1) is 9.40. The van der Waals surface area contributed by atoms with E-state index in [-0.39, 0.29) is 0 Å². The van der Waals surface area contributed by atoms with Crippen LogP contribution >= 0.6 is 0 Å². The molecule has 0 atom stereocenters. The van der Waals surface area contributed by atoms with Gasteiger partial charge in [0.15, 0.2) is 0 Å². The highest BCUT2D eigenvalue weighted by Crippen LogP contribution is 2.08. The minimum atomic E-state index is -0.467. The molecule has 0 aliphatic carbocycles. The van der Waals surface area contributed by atoms with Crippen molar-refractivity contribution in [1.29, 1.82) is 0 Å². The lowest BCUT2D eigenvalue weighted by molar-refractivity contribution is 0.0528. The number of ether oxygens (including phenoxy) is 2. The van der Waals surface area contributed by atoms with Crippen molar-refractivity contribution in [3.8, 4) is 5.88 Å². The van der Waals surface area contributed by atoms with E-state index >= 15 is 0 Å². The average molecular weight is 281 g/mol. The third kappa shape index (κ3) is 6.94. The zero-order chi connectivity index (χ0) is 15.0. The summed E-state index contributed by atoms with van der Waals surface area (Å²) in [6, 6.07) is 3.78. The average Bonchev–Trinajstić information content (AvgIpc) is 2.36. The molecule has 0 saturated heterocycles. The Morgan fingerprint density at radius 1 is 1.35 bits per heavy atom. The van der Waals surface area contributed by atoms with E-state index in [9.17, 15) is 4.79 Å². The fourth-order valence-corrected chi connectivity index (χ4v) is 1.47. The Labute approximate surface area is 119 Å². The number of hydrogen-bond acceptors (Lipinski definition) is 5. The second kappa shape index (κ2) is 7.69. The van der Waals surface area contributed by atoms with E-state index in [2.05, 4.69) is 15.6 Å². The Balaban J connectivity index is 2.17. The quantitative estimate of drug-likeness (QED) is 0.777. The molecule has 20 heavy (non-hydrogen) atoms. The molecule has 6 heteroatoms. The summed E-state index contributed by atoms with van der Waals surface area (Å²) in [5.41, 5.74) is 0.611. The second-order valence-corrected chi connectivity index (χ2v) is 5.31. The number of nitrogens with zero attached hydrogens (tertiary/aromatic N) is 1. The number of carbonyl (C=O) groups is 1. The first-order valence-electron chi connectivity index (χ1n) is 6.57. The van der Waals surface area contributed by atoms with Crippen molar-refractivity contribution in [3.05, 3.63) is 23.9 Å². The van der Waals surface area contributed by atoms with Crippen LogP contribution in [0.2, 0.25) is 0 Å². The number of hydrogen-bond donors (Lipinski definition) is 2. The molecule has 112 valence electrons. The lowest BCUT2D eigenvalue weighted by Crippen LogP contribution is -2.36. The molecule has 6 nitrogen and oxygen atoms in total. The van der Waals surface area contributed by atoms with Gasteiger partial charge in [0.1, 0.15) is 5.60 Å². The van der Waals surface area contributed by atoms with E-state index in [1.54, 1.807) is 13.3 Å². The van der Waals surface area contributed by atoms with Gasteiger partial charge in [0.05, 0.1) is 7.11 Å². The first kappa shape index (κ1) is 16.2. The van der Waals surface area contributed by atoms with Gasteiger partial charge in [-0.25, -0.2) is 9.78 Å². The van der Waals surface area contributed by atoms with Gasteiger partial charge in [-0.15, -0.1) is 0 Å². The van der Waals surface area contributed by atoms with Gasteiger partial charge in [0, 0.05) is 31.9 Å². The van der Waals surface area contributed by atoms with Crippen molar-refractivity contribution in [2.24, 2.45) is 0 Å². The molecule has 0 bridgehead atoms. The molecule has 0 aliphatic rings. The first-order valence-corrected chi connectivity index (χ1v) is 6.57. The molecule has 0 spiro atoms. The third-order valence-corrected chi connectivity index (χ3v) is 2.31. The van der Waals surface area contributed by atoms with Gasteiger partial charge in [0.25, 0.3) is 0 Å². The Hall–Kier alpha value is -1.82. The Morgan fingerprint density at radius 3 is 2.75 bits per heavy atom. The molecule has 1 aromatic rings. The summed E-state index contributed by atoms with van der Waals surface area (Å²) in [7, 11) is 1.59. The van der Waals surface area contributed by atoms with E-state index in [1.807, 2.05) is 32.9 Å². The zero-order valence-corrected chi connectivity index (χ0v) is 12.5. The Bertz CT molecular complexity index is 430. The van der Waals surface area contributed by atoms with Crippen molar-refractivity contribution in [3.63, 3.8) is 0 Å². The normalized spacial score (nSPS) is 11.0. The van der Waals surface area contributed by atoms with Crippen LogP contribution in [0.25, 0.3) is 0 Å². The Morgan fingerprint density at radius 2 is 2.10 bits per heavy atom. The van der Waals surface area contributed by atoms with E-state index in [0.29, 0.717) is 25.5 Å². The smallest absolute Gasteiger partial charge is 0.407 e. The lowest BCUT2D eigenvalue weighted by atomic mass is 10.2. The molecule has 0 aromatic carbocycles. The second-order valence-electron chi connectivity index (χ2n) is 5.31. The summed E-state index contributed by atoms with van der Waals surface area (Å²) in [6.07, 6.45) is 1.30. The molecular weight excluding hydrogens is 258 g/mol. The van der Waals surface area contributed by atoms with Crippen LogP contribution in [0.4, 0.5) is 4.79 Å². The van der Waals surface area contributed by atoms with Crippen LogP contribution < -0.4 is 15.4 Å². The fraction of sp³-hybridized carbons (Fsp3) is 0.571. The van der Waals surface area contributed by atoms with E-state index in [4.69, 9.17) is 9.47 Å². The molecule has 0 aliphatic heterocycles. The van der Waals surface area contributed by atoms with Gasteiger partial charge in [-0.2, -0.15) is 0 Å². The minimum absolute atomic E-state index is 0.398. The molecule has 0 unspecified atom stereocenters. The highest BCUT2D eigenvalue weighted by atomic mass is 16.6. The molecule has 0 saturated carbocycles. The Kier molecular flexibility index (Phi) is 6.24. The number of rotatable bonds is 6. The zero-order valence-electron chi connectivity index (χ0n) is 12.5. The largest absolute Gasteiger partial charge is 0.481 e. The molecule has 1 rings (SSSR count). The SMILES string of the molecule is COc1cc(CNCCNC(=O)OC(C)(C)C)ccn1. The molecule has 1 amide bonds. The van der Waals surface area contributed by atoms with Crippen LogP contribution in [-0.2, 0) is 11.3 Å². The number of alkyl carbamates (subject to hydrolysis) is 1. The lowest BCUT2D eigenvalue weighted by Gasteiger charge is -2.19. The minimum Gasteiger partial charge on any atom is -0.481 e. The molecule has 0 fully saturated rings. The van der Waals surface area contributed by atoms with Crippen LogP contribution in [0.1, 0.15) is 26.3 Å². The maximum atomic E-state index is 11.4. The van der Waals surface area contributed by atoms with Crippen LogP contribution in [0, 0.1) is 0 Å². The van der Waals surface area contributed by atoms with Crippen LogP contribution in [0.3, 0.4) is 0 Å². The predicted molar refractivity (Wildman–Crippen MR) is 76.7 cm³/mol. The van der Waals surface area contributed by atoms with Gasteiger partial charge in [-0.1, -0.05) is 0 Å². The molecule has 1 heterocycles. The summed E-state index contributed by atoms with van der Waals surface area (Å²) >= 11 is 0. The summed E-state index contributed by atoms with van der Waals surface area (Å²) in [5.74, 6) is 0.594. The predicted octanol–water partition coefficient (Wildman–Crippen LogP) is 1.70. The van der Waals surface area contributed by atoms with Gasteiger partial charge in [-0.3, -0.25) is 0 Å². The monoisotopic (exact) mass is 281 g/mol. The van der Waals surface area contributed by atoms with Crippen molar-refractivity contribution in [1.82, 2.24) is 15.6 Å². The van der Waals surface area contributed by atoms with Crippen LogP contribution in [0.15, 0.2) is 18.3 Å². The van der Waals surface area contributed by atoms with E-state index in [1.165, 1.54) is 0 Å². The maximum Gasteiger partial charge on any atom is 0.407 e. The molecule has 0 radical (unpaired) electrons. The number of pyridine rings is 1. The third-order valence-electron chi connectivity index (χ3n) is 2.31. The molecule has 1 aromatic heterocycles. The standard InChI is InChI=1S/C14H23N3O3/c1-14(2,3)20-13(18)17-8-7-15-10-11-5-6-16-12(9-11)19-4/h5-6,9,15H,7-8,10H2,1-4H3,(H,17,18). The topological polar surface area (TPSA) is 72.5 Å². The van der Waals surface area contributed by atoms with Crippen LogP contribution in [-0.4, -0.2) is 36.9 Å². The van der Waals surface area contributed by atoms with Crippen molar-refractivity contribution >= 4 is 6.09 Å².